The molecule has 2 saturated heterocycles. The van der Waals surface area contributed by atoms with Crippen LogP contribution in [0.25, 0.3) is 0 Å². The molecule has 11 nitrogen and oxygen atoms in total. The van der Waals surface area contributed by atoms with Crippen molar-refractivity contribution in [3.05, 3.63) is 24.5 Å². The van der Waals surface area contributed by atoms with Gasteiger partial charge in [-0.2, -0.15) is 0 Å². The van der Waals surface area contributed by atoms with Crippen molar-refractivity contribution in [3.63, 3.8) is 0 Å². The third-order valence-corrected chi connectivity index (χ3v) is 17.6. The predicted octanol–water partition coefficient (Wildman–Crippen LogP) is 4.36. The van der Waals surface area contributed by atoms with Gasteiger partial charge in [-0.1, -0.05) is 46.4 Å². The van der Waals surface area contributed by atoms with Gasteiger partial charge in [-0.3, -0.25) is 0 Å². The summed E-state index contributed by atoms with van der Waals surface area (Å²) in [6.45, 7) is 21.7. The predicted molar refractivity (Wildman–Crippen MR) is 196 cm³/mol. The Morgan fingerprint density at radius 1 is 0.755 bits per heavy atom. The van der Waals surface area contributed by atoms with Crippen molar-refractivity contribution in [2.24, 2.45) is 56.7 Å². The van der Waals surface area contributed by atoms with Gasteiger partial charge in [0, 0.05) is 10.8 Å². The summed E-state index contributed by atoms with van der Waals surface area (Å²) in [5.41, 5.74) is 0.437. The lowest BCUT2D eigenvalue weighted by Crippen LogP contribution is -2.68. The van der Waals surface area contributed by atoms with E-state index in [0.717, 1.165) is 57.8 Å². The molecule has 53 heavy (non-hydrogen) atoms. The fourth-order valence-electron chi connectivity index (χ4n) is 14.3. The summed E-state index contributed by atoms with van der Waals surface area (Å²) in [6.07, 6.45) is -2.55. The zero-order valence-corrected chi connectivity index (χ0v) is 32.8. The monoisotopic (exact) mass is 748 g/mol. The number of allylic oxidation sites excluding steroid dienone is 2. The van der Waals surface area contributed by atoms with Crippen LogP contribution in [-0.4, -0.2) is 110 Å². The van der Waals surface area contributed by atoms with Crippen LogP contribution in [0.3, 0.4) is 0 Å². The third kappa shape index (κ3) is 5.71. The highest BCUT2D eigenvalue weighted by Gasteiger charge is 2.72. The highest BCUT2D eigenvalue weighted by Crippen LogP contribution is 2.78. The molecule has 0 amide bonds. The first kappa shape index (κ1) is 40.1. The lowest BCUT2D eigenvalue weighted by atomic mass is 9.32. The van der Waals surface area contributed by atoms with E-state index in [0.29, 0.717) is 35.9 Å². The Kier molecular flexibility index (Phi) is 10.4. The number of ether oxygens (including phenoxy) is 4. The molecule has 0 aromatic rings. The molecule has 0 aromatic carbocycles. The molecule has 7 rings (SSSR count). The van der Waals surface area contributed by atoms with E-state index in [1.54, 1.807) is 6.92 Å². The quantitative estimate of drug-likeness (QED) is 0.112. The van der Waals surface area contributed by atoms with Gasteiger partial charge in [-0.25, -0.2) is 0 Å². The molecule has 0 radical (unpaired) electrons. The Hall–Kier alpha value is -1.12. The van der Waals surface area contributed by atoms with Crippen LogP contribution in [0.1, 0.15) is 106 Å². The average molecular weight is 749 g/mol. The summed E-state index contributed by atoms with van der Waals surface area (Å²) in [4.78, 5) is 0. The van der Waals surface area contributed by atoms with Crippen LogP contribution in [0, 0.1) is 56.7 Å². The Balaban J connectivity index is 1.14. The number of rotatable bonds is 7. The van der Waals surface area contributed by atoms with Crippen LogP contribution < -0.4 is 0 Å². The second-order valence-electron chi connectivity index (χ2n) is 19.7. The molecule has 302 valence electrons. The zero-order valence-electron chi connectivity index (χ0n) is 32.8. The maximum atomic E-state index is 11.3. The van der Waals surface area contributed by atoms with Crippen LogP contribution >= 0.6 is 0 Å². The van der Waals surface area contributed by atoms with E-state index in [2.05, 4.69) is 47.8 Å². The first-order valence-electron chi connectivity index (χ1n) is 20.4. The van der Waals surface area contributed by atoms with Gasteiger partial charge in [0.05, 0.1) is 31.2 Å². The van der Waals surface area contributed by atoms with Gasteiger partial charge in [-0.15, -0.1) is 0 Å². The Morgan fingerprint density at radius 2 is 1.47 bits per heavy atom. The van der Waals surface area contributed by atoms with Crippen LogP contribution in [-0.2, 0) is 18.9 Å². The minimum atomic E-state index is -1.61. The van der Waals surface area contributed by atoms with E-state index in [4.69, 9.17) is 18.9 Å². The second kappa shape index (κ2) is 13.8. The first-order valence-corrected chi connectivity index (χ1v) is 20.4. The second-order valence-corrected chi connectivity index (χ2v) is 19.7. The molecule has 0 bridgehead atoms. The number of aliphatic hydroxyl groups excluding tert-OH is 7. The standard InChI is InChI=1S/C42H68O11/c1-21(2)24-11-16-42(23(4)44)18-17-40(7)25(30(24)42)9-10-28-38(5)14-13-29(39(6,20-43)27(38)12-15-41(28,40)8)52-37-35(32(47)26(45)19-50-37)53-36-34(49)33(48)31(46)22(3)51-36/h22,24-37,43-49H,1,4,9-20H2,2-3,5-8H3/t22-,24-,25?,26-,27+,28?,29-,30?,31-,32-,33+,34+,35+,36-,37-,38-,39-,40+,41+,42+/m0/s1. The molecule has 11 heteroatoms. The Labute approximate surface area is 315 Å². The fourth-order valence-corrected chi connectivity index (χ4v) is 14.3. The fraction of sp³-hybridized carbons (Fsp3) is 0.905. The van der Waals surface area contributed by atoms with E-state index in [-0.39, 0.29) is 40.8 Å². The summed E-state index contributed by atoms with van der Waals surface area (Å²) >= 11 is 0. The highest BCUT2D eigenvalue weighted by molar-refractivity contribution is 5.25. The van der Waals surface area contributed by atoms with Gasteiger partial charge < -0.3 is 54.7 Å². The number of hydrogen-bond donors (Lipinski definition) is 7. The molecule has 0 spiro atoms. The summed E-state index contributed by atoms with van der Waals surface area (Å²) < 4.78 is 24.4. The molecular formula is C42H68O11. The minimum Gasteiger partial charge on any atom is -0.512 e. The molecule has 3 unspecified atom stereocenters. The van der Waals surface area contributed by atoms with Crippen molar-refractivity contribution >= 4 is 0 Å². The van der Waals surface area contributed by atoms with Crippen molar-refractivity contribution in [2.45, 2.75) is 167 Å². The van der Waals surface area contributed by atoms with E-state index < -0.39 is 66.8 Å². The molecule has 5 saturated carbocycles. The van der Waals surface area contributed by atoms with Crippen molar-refractivity contribution in [1.82, 2.24) is 0 Å². The molecule has 20 atom stereocenters. The van der Waals surface area contributed by atoms with Gasteiger partial charge >= 0.3 is 0 Å². The van der Waals surface area contributed by atoms with Crippen molar-refractivity contribution in [2.75, 3.05) is 13.2 Å². The highest BCUT2D eigenvalue weighted by atomic mass is 16.8. The van der Waals surface area contributed by atoms with Crippen molar-refractivity contribution in [1.29, 1.82) is 0 Å². The van der Waals surface area contributed by atoms with E-state index in [1.165, 1.54) is 5.57 Å². The maximum absolute atomic E-state index is 11.3. The lowest BCUT2D eigenvalue weighted by Gasteiger charge is -2.73. The summed E-state index contributed by atoms with van der Waals surface area (Å²) in [6, 6.07) is 0. The minimum absolute atomic E-state index is 0.0664. The van der Waals surface area contributed by atoms with Crippen molar-refractivity contribution in [3.8, 4) is 0 Å². The van der Waals surface area contributed by atoms with Gasteiger partial charge in [0.2, 0.25) is 0 Å². The van der Waals surface area contributed by atoms with Crippen LogP contribution in [0.5, 0.6) is 0 Å². The molecule has 5 aliphatic carbocycles. The van der Waals surface area contributed by atoms with E-state index in [9.17, 15) is 35.7 Å². The third-order valence-electron chi connectivity index (χ3n) is 17.6. The van der Waals surface area contributed by atoms with E-state index >= 15 is 0 Å². The summed E-state index contributed by atoms with van der Waals surface area (Å²) in [5.74, 6) is 2.16. The molecule has 7 fully saturated rings. The van der Waals surface area contributed by atoms with E-state index in [1.807, 2.05) is 0 Å². The molecule has 2 heterocycles. The van der Waals surface area contributed by atoms with Crippen LogP contribution in [0.2, 0.25) is 0 Å². The topological polar surface area (TPSA) is 179 Å². The Bertz CT molecular complexity index is 1410. The molecular weight excluding hydrogens is 680 g/mol. The van der Waals surface area contributed by atoms with Crippen LogP contribution in [0.4, 0.5) is 0 Å². The van der Waals surface area contributed by atoms with Gasteiger partial charge in [0.1, 0.15) is 36.6 Å². The number of hydrogen-bond acceptors (Lipinski definition) is 11. The van der Waals surface area contributed by atoms with Gasteiger partial charge in [0.15, 0.2) is 12.6 Å². The van der Waals surface area contributed by atoms with Gasteiger partial charge in [0.25, 0.3) is 0 Å². The lowest BCUT2D eigenvalue weighted by molar-refractivity contribution is -0.366. The van der Waals surface area contributed by atoms with Gasteiger partial charge in [-0.05, 0) is 124 Å². The normalized spacial score (nSPS) is 56.7. The zero-order chi connectivity index (χ0) is 38.6. The molecule has 0 aromatic heterocycles. The number of fused-ring (bicyclic) bond motifs is 7. The molecule has 7 N–H and O–H groups in total. The average Bonchev–Trinajstić information content (AvgIpc) is 3.52. The SMILES string of the molecule is C=C(C)[C@@H]1CC[C@]2(C(=C)O)CC[C@]3(C)C(CCC4[C@@]5(C)CC[C@H](O[C@@H]6OC[C@H](O)[C@H](O)[C@H]6O[C@@H]6O[C@@H](C)[C@H](O)[C@@H](O)[C@H]6O)[C@@](C)(CO)[C@@H]5CC[C@]43C)C12. The molecule has 7 aliphatic rings. The number of aliphatic hydroxyl groups is 7. The largest absolute Gasteiger partial charge is 0.512 e. The smallest absolute Gasteiger partial charge is 0.187 e. The Morgan fingerprint density at radius 3 is 2.13 bits per heavy atom. The summed E-state index contributed by atoms with van der Waals surface area (Å²) in [7, 11) is 0. The van der Waals surface area contributed by atoms with Crippen LogP contribution in [0.15, 0.2) is 24.5 Å². The molecule has 2 aliphatic heterocycles. The van der Waals surface area contributed by atoms with Crippen molar-refractivity contribution < 1.29 is 54.7 Å². The summed E-state index contributed by atoms with van der Waals surface area (Å²) in [5, 5.41) is 75.4. The maximum Gasteiger partial charge on any atom is 0.187 e. The first-order chi connectivity index (χ1) is 24.8.